The van der Waals surface area contributed by atoms with Gasteiger partial charge >= 0.3 is 0 Å². The molecule has 1 aromatic rings. The number of aldehydes is 1. The minimum absolute atomic E-state index is 0.750. The van der Waals surface area contributed by atoms with Crippen LogP contribution in [0.4, 0.5) is 5.69 Å². The van der Waals surface area contributed by atoms with Crippen molar-refractivity contribution < 1.29 is 4.79 Å². The summed E-state index contributed by atoms with van der Waals surface area (Å²) in [5.41, 5.74) is 2.50. The Bertz CT molecular complexity index is 234. The second kappa shape index (κ2) is 11.7. The highest BCUT2D eigenvalue weighted by Gasteiger charge is 1.88. The van der Waals surface area contributed by atoms with E-state index < -0.39 is 0 Å². The van der Waals surface area contributed by atoms with Crippen molar-refractivity contribution in [2.24, 2.45) is 0 Å². The fraction of sp³-hybridized carbons (Fsp3) is 0.417. The predicted molar refractivity (Wildman–Crippen MR) is 63.8 cm³/mol. The van der Waals surface area contributed by atoms with Gasteiger partial charge in [0.1, 0.15) is 6.29 Å². The van der Waals surface area contributed by atoms with Gasteiger partial charge in [0.25, 0.3) is 0 Å². The van der Waals surface area contributed by atoms with E-state index in [9.17, 15) is 0 Å². The second-order valence-corrected chi connectivity index (χ2v) is 2.30. The molecule has 1 aromatic carbocycles. The van der Waals surface area contributed by atoms with Crippen molar-refractivity contribution in [3.8, 4) is 0 Å². The number of rotatable bonds is 1. The maximum Gasteiger partial charge on any atom is 0.116 e. The fourth-order valence-corrected chi connectivity index (χ4v) is 0.853. The largest absolute Gasteiger partial charge is 0.388 e. The van der Waals surface area contributed by atoms with Crippen LogP contribution in [0.2, 0.25) is 0 Å². The van der Waals surface area contributed by atoms with Crippen LogP contribution < -0.4 is 5.32 Å². The van der Waals surface area contributed by atoms with Crippen molar-refractivity contribution in [1.82, 2.24) is 0 Å². The summed E-state index contributed by atoms with van der Waals surface area (Å²) in [7, 11) is 1.93. The topological polar surface area (TPSA) is 29.1 Å². The lowest BCUT2D eigenvalue weighted by atomic mass is 10.2. The minimum Gasteiger partial charge on any atom is -0.388 e. The first-order valence-corrected chi connectivity index (χ1v) is 4.89. The Morgan fingerprint density at radius 1 is 1.21 bits per heavy atom. The molecular weight excluding hydrogens is 174 g/mol. The van der Waals surface area contributed by atoms with Gasteiger partial charge in [0.05, 0.1) is 0 Å². The fourth-order valence-electron chi connectivity index (χ4n) is 0.853. The standard InChI is InChI=1S/C8H11N.C2H4O.C2H6/c1-7-5-3-4-6-8(7)9-2;1-2-3;1-2/h3-6,9H,1-2H3;2H,1H3;1-2H3. The molecule has 0 aliphatic heterocycles. The van der Waals surface area contributed by atoms with Crippen molar-refractivity contribution in [3.05, 3.63) is 29.8 Å². The van der Waals surface area contributed by atoms with Crippen LogP contribution in [-0.2, 0) is 4.79 Å². The van der Waals surface area contributed by atoms with Crippen LogP contribution in [0.5, 0.6) is 0 Å². The average molecular weight is 195 g/mol. The normalized spacial score (nSPS) is 7.21. The molecule has 0 spiro atoms. The summed E-state index contributed by atoms with van der Waals surface area (Å²) in [5, 5.41) is 3.10. The second-order valence-electron chi connectivity index (χ2n) is 2.30. The first kappa shape index (κ1) is 15.2. The van der Waals surface area contributed by atoms with E-state index in [0.717, 1.165) is 6.29 Å². The molecule has 1 rings (SSSR count). The van der Waals surface area contributed by atoms with Gasteiger partial charge in [0, 0.05) is 12.7 Å². The number of para-hydroxylation sites is 1. The highest BCUT2D eigenvalue weighted by atomic mass is 16.1. The third kappa shape index (κ3) is 7.35. The van der Waals surface area contributed by atoms with Crippen molar-refractivity contribution in [1.29, 1.82) is 0 Å². The molecule has 0 aliphatic rings. The van der Waals surface area contributed by atoms with Gasteiger partial charge in [-0.15, -0.1) is 0 Å². The van der Waals surface area contributed by atoms with Crippen LogP contribution in [0, 0.1) is 6.92 Å². The number of carbonyl (C=O) groups excluding carboxylic acids is 1. The molecule has 0 bridgehead atoms. The van der Waals surface area contributed by atoms with Gasteiger partial charge in [-0.25, -0.2) is 0 Å². The van der Waals surface area contributed by atoms with Crippen LogP contribution in [0.25, 0.3) is 0 Å². The van der Waals surface area contributed by atoms with Gasteiger partial charge in [-0.05, 0) is 25.5 Å². The summed E-state index contributed by atoms with van der Waals surface area (Å²) >= 11 is 0. The predicted octanol–water partition coefficient (Wildman–Crippen LogP) is 3.27. The molecule has 0 saturated heterocycles. The SMILES string of the molecule is CC.CC=O.CNc1ccccc1C. The van der Waals surface area contributed by atoms with E-state index in [-0.39, 0.29) is 0 Å². The van der Waals surface area contributed by atoms with Crippen molar-refractivity contribution in [2.75, 3.05) is 12.4 Å². The summed E-state index contributed by atoms with van der Waals surface area (Å²) in [6, 6.07) is 8.22. The molecule has 14 heavy (non-hydrogen) atoms. The third-order valence-corrected chi connectivity index (χ3v) is 1.41. The van der Waals surface area contributed by atoms with Crippen molar-refractivity contribution >= 4 is 12.0 Å². The number of benzene rings is 1. The highest BCUT2D eigenvalue weighted by Crippen LogP contribution is 2.10. The Labute approximate surface area is 87.3 Å². The lowest BCUT2D eigenvalue weighted by molar-refractivity contribution is -0.106. The Kier molecular flexibility index (Phi) is 12.7. The molecule has 0 saturated carbocycles. The summed E-state index contributed by atoms with van der Waals surface area (Å²) in [6.45, 7) is 7.53. The lowest BCUT2D eigenvalue weighted by Crippen LogP contribution is -1.89. The molecule has 2 heteroatoms. The first-order chi connectivity index (χ1) is 6.76. The van der Waals surface area contributed by atoms with E-state index in [4.69, 9.17) is 4.79 Å². The van der Waals surface area contributed by atoms with Crippen LogP contribution in [-0.4, -0.2) is 13.3 Å². The molecule has 0 unspecified atom stereocenters. The smallest absolute Gasteiger partial charge is 0.116 e. The molecule has 0 fully saturated rings. The van der Waals surface area contributed by atoms with Gasteiger partial charge in [0.2, 0.25) is 0 Å². The summed E-state index contributed by atoms with van der Waals surface area (Å²) < 4.78 is 0. The van der Waals surface area contributed by atoms with E-state index in [1.807, 2.05) is 33.0 Å². The Balaban J connectivity index is 0. The zero-order chi connectivity index (χ0) is 11.4. The summed E-state index contributed by atoms with van der Waals surface area (Å²) in [5.74, 6) is 0. The maximum atomic E-state index is 8.81. The van der Waals surface area contributed by atoms with Gasteiger partial charge in [0.15, 0.2) is 0 Å². The lowest BCUT2D eigenvalue weighted by Gasteiger charge is -2.01. The number of carbonyl (C=O) groups is 1. The highest BCUT2D eigenvalue weighted by molar-refractivity contribution is 5.49. The minimum atomic E-state index is 0.750. The molecule has 0 aromatic heterocycles. The zero-order valence-corrected chi connectivity index (χ0v) is 9.79. The quantitative estimate of drug-likeness (QED) is 0.697. The monoisotopic (exact) mass is 195 g/mol. The van der Waals surface area contributed by atoms with E-state index >= 15 is 0 Å². The van der Waals surface area contributed by atoms with Crippen LogP contribution in [0.3, 0.4) is 0 Å². The van der Waals surface area contributed by atoms with E-state index in [0.29, 0.717) is 0 Å². The number of hydrogen-bond acceptors (Lipinski definition) is 2. The van der Waals surface area contributed by atoms with Gasteiger partial charge in [-0.2, -0.15) is 0 Å². The first-order valence-electron chi connectivity index (χ1n) is 4.89. The molecule has 1 N–H and O–H groups in total. The average Bonchev–Trinajstić information content (AvgIpc) is 2.23. The van der Waals surface area contributed by atoms with E-state index in [1.54, 1.807) is 0 Å². The van der Waals surface area contributed by atoms with E-state index in [1.165, 1.54) is 18.2 Å². The van der Waals surface area contributed by atoms with E-state index in [2.05, 4.69) is 24.4 Å². The number of hydrogen-bond donors (Lipinski definition) is 1. The number of aryl methyl sites for hydroxylation is 1. The molecule has 0 aliphatic carbocycles. The molecular formula is C12H21NO. The summed E-state index contributed by atoms with van der Waals surface area (Å²) in [6.07, 6.45) is 0.750. The molecule has 80 valence electrons. The van der Waals surface area contributed by atoms with Crippen molar-refractivity contribution in [3.63, 3.8) is 0 Å². The molecule has 0 heterocycles. The van der Waals surface area contributed by atoms with Gasteiger partial charge < -0.3 is 10.1 Å². The van der Waals surface area contributed by atoms with Crippen LogP contribution in [0.15, 0.2) is 24.3 Å². The zero-order valence-electron chi connectivity index (χ0n) is 9.79. The summed E-state index contributed by atoms with van der Waals surface area (Å²) in [4.78, 5) is 8.81. The van der Waals surface area contributed by atoms with Crippen LogP contribution in [0.1, 0.15) is 26.3 Å². The third-order valence-electron chi connectivity index (χ3n) is 1.41. The Morgan fingerprint density at radius 2 is 1.64 bits per heavy atom. The maximum absolute atomic E-state index is 8.81. The molecule has 2 nitrogen and oxygen atoms in total. The van der Waals surface area contributed by atoms with Crippen molar-refractivity contribution in [2.45, 2.75) is 27.7 Å². The molecule has 0 amide bonds. The van der Waals surface area contributed by atoms with Gasteiger partial charge in [-0.3, -0.25) is 0 Å². The molecule has 0 radical (unpaired) electrons. The van der Waals surface area contributed by atoms with Gasteiger partial charge in [-0.1, -0.05) is 32.0 Å². The molecule has 0 atom stereocenters. The van der Waals surface area contributed by atoms with Crippen LogP contribution >= 0.6 is 0 Å². The Hall–Kier alpha value is -1.31. The number of anilines is 1. The Morgan fingerprint density at radius 3 is 1.93 bits per heavy atom. The number of nitrogens with one attached hydrogen (secondary N) is 1.